The van der Waals surface area contributed by atoms with Crippen LogP contribution >= 0.6 is 11.3 Å². The fourth-order valence-corrected chi connectivity index (χ4v) is 4.04. The lowest BCUT2D eigenvalue weighted by Crippen LogP contribution is -2.16. The minimum absolute atomic E-state index is 0.0466. The van der Waals surface area contributed by atoms with Gasteiger partial charge in [0.25, 0.3) is 5.91 Å². The summed E-state index contributed by atoms with van der Waals surface area (Å²) in [6, 6.07) is 21.6. The zero-order valence-corrected chi connectivity index (χ0v) is 16.9. The van der Waals surface area contributed by atoms with E-state index >= 15 is 0 Å². The van der Waals surface area contributed by atoms with E-state index < -0.39 is 5.91 Å². The van der Waals surface area contributed by atoms with Gasteiger partial charge in [-0.1, -0.05) is 60.7 Å². The summed E-state index contributed by atoms with van der Waals surface area (Å²) in [5.41, 5.74) is 9.18. The van der Waals surface area contributed by atoms with E-state index in [9.17, 15) is 9.59 Å². The number of aromatic amines is 1. The van der Waals surface area contributed by atoms with Gasteiger partial charge in [-0.15, -0.1) is 11.3 Å². The molecule has 0 radical (unpaired) electrons. The van der Waals surface area contributed by atoms with Crippen molar-refractivity contribution in [3.05, 3.63) is 95.1 Å². The molecule has 0 saturated carbocycles. The molecular weight excluding hydrogens is 396 g/mol. The molecule has 0 fully saturated rings. The van der Waals surface area contributed by atoms with E-state index in [0.29, 0.717) is 22.9 Å². The van der Waals surface area contributed by atoms with Gasteiger partial charge in [-0.25, -0.2) is 4.98 Å². The fourth-order valence-electron chi connectivity index (χ4n) is 3.30. The number of amides is 2. The lowest BCUT2D eigenvalue weighted by atomic mass is 9.88. The molecule has 2 aromatic heterocycles. The van der Waals surface area contributed by atoms with Crippen LogP contribution in [-0.4, -0.2) is 21.8 Å². The molecule has 4 N–H and O–H groups in total. The maximum Gasteiger partial charge on any atom is 0.265 e. The predicted molar refractivity (Wildman–Crippen MR) is 118 cm³/mol. The van der Waals surface area contributed by atoms with Gasteiger partial charge < -0.3 is 16.0 Å². The summed E-state index contributed by atoms with van der Waals surface area (Å²) in [5, 5.41) is 5.24. The molecular formula is C23H20N4O2S. The lowest BCUT2D eigenvalue weighted by molar-refractivity contribution is -0.116. The van der Waals surface area contributed by atoms with Crippen molar-refractivity contribution in [1.29, 1.82) is 0 Å². The van der Waals surface area contributed by atoms with Gasteiger partial charge >= 0.3 is 0 Å². The van der Waals surface area contributed by atoms with Crippen LogP contribution in [0, 0.1) is 0 Å². The monoisotopic (exact) mass is 416 g/mol. The quantitative estimate of drug-likeness (QED) is 0.416. The van der Waals surface area contributed by atoms with Crippen LogP contribution in [0.15, 0.2) is 78.3 Å². The van der Waals surface area contributed by atoms with Crippen molar-refractivity contribution in [2.45, 2.75) is 12.3 Å². The van der Waals surface area contributed by atoms with Gasteiger partial charge in [-0.2, -0.15) is 0 Å². The number of H-pyrrole nitrogens is 1. The van der Waals surface area contributed by atoms with Gasteiger partial charge in [-0.3, -0.25) is 9.59 Å². The van der Waals surface area contributed by atoms with E-state index in [1.54, 1.807) is 12.3 Å². The normalized spacial score (nSPS) is 10.8. The third-order valence-corrected chi connectivity index (χ3v) is 5.55. The minimum Gasteiger partial charge on any atom is -0.364 e. The Labute approximate surface area is 177 Å². The Hall–Kier alpha value is -3.71. The summed E-state index contributed by atoms with van der Waals surface area (Å²) in [6.07, 6.45) is 1.97. The topological polar surface area (TPSA) is 101 Å². The Morgan fingerprint density at radius 2 is 1.67 bits per heavy atom. The number of anilines is 1. The number of carbonyl (C=O) groups is 2. The summed E-state index contributed by atoms with van der Waals surface area (Å²) in [6.45, 7) is 0. The van der Waals surface area contributed by atoms with Crippen LogP contribution in [0.4, 0.5) is 5.13 Å². The molecule has 6 nitrogen and oxygen atoms in total. The molecule has 2 amide bonds. The molecule has 150 valence electrons. The van der Waals surface area contributed by atoms with Gasteiger partial charge in [-0.05, 0) is 17.2 Å². The van der Waals surface area contributed by atoms with Crippen LogP contribution in [0.25, 0.3) is 11.3 Å². The van der Waals surface area contributed by atoms with Crippen LogP contribution in [-0.2, 0) is 4.79 Å². The average Bonchev–Trinajstić information content (AvgIpc) is 3.43. The Bertz CT molecular complexity index is 1110. The maximum absolute atomic E-state index is 12.8. The lowest BCUT2D eigenvalue weighted by Gasteiger charge is -2.17. The van der Waals surface area contributed by atoms with Crippen LogP contribution in [0.3, 0.4) is 0 Å². The predicted octanol–water partition coefficient (Wildman–Crippen LogP) is 4.40. The fraction of sp³-hybridized carbons (Fsp3) is 0.0870. The molecule has 0 aliphatic carbocycles. The molecule has 0 atom stereocenters. The summed E-state index contributed by atoms with van der Waals surface area (Å²) >= 11 is 1.34. The molecule has 7 heteroatoms. The first-order valence-electron chi connectivity index (χ1n) is 9.44. The zero-order chi connectivity index (χ0) is 20.9. The van der Waals surface area contributed by atoms with Crippen molar-refractivity contribution in [1.82, 2.24) is 9.97 Å². The van der Waals surface area contributed by atoms with Crippen molar-refractivity contribution in [2.24, 2.45) is 5.73 Å². The number of benzene rings is 2. The van der Waals surface area contributed by atoms with Crippen LogP contribution in [0.2, 0.25) is 0 Å². The number of primary amides is 1. The van der Waals surface area contributed by atoms with Crippen molar-refractivity contribution in [2.75, 3.05) is 5.32 Å². The number of nitrogens with one attached hydrogen (secondary N) is 2. The second-order valence-electron chi connectivity index (χ2n) is 6.83. The third kappa shape index (κ3) is 4.47. The third-order valence-electron chi connectivity index (χ3n) is 4.79. The van der Waals surface area contributed by atoms with Crippen molar-refractivity contribution in [3.63, 3.8) is 0 Å². The average molecular weight is 417 g/mol. The van der Waals surface area contributed by atoms with Crippen molar-refractivity contribution in [3.8, 4) is 11.3 Å². The van der Waals surface area contributed by atoms with Crippen LogP contribution in [0.1, 0.15) is 34.0 Å². The summed E-state index contributed by atoms with van der Waals surface area (Å²) in [4.78, 5) is 31.3. The highest BCUT2D eigenvalue weighted by Crippen LogP contribution is 2.29. The Kier molecular flexibility index (Phi) is 5.72. The maximum atomic E-state index is 12.8. The zero-order valence-electron chi connectivity index (χ0n) is 16.0. The van der Waals surface area contributed by atoms with Gasteiger partial charge in [0, 0.05) is 29.5 Å². The molecule has 0 saturated heterocycles. The standard InChI is InChI=1S/C23H20N4O2S/c24-22(29)19-11-17(13-25-19)20-14-30-23(26-20)27-21(28)12-18(15-7-3-1-4-8-15)16-9-5-2-6-10-16/h1-11,13-14,18,25H,12H2,(H2,24,29)(H,26,27,28). The number of aromatic nitrogens is 2. The first-order chi connectivity index (χ1) is 14.6. The molecule has 30 heavy (non-hydrogen) atoms. The Balaban J connectivity index is 1.49. The highest BCUT2D eigenvalue weighted by molar-refractivity contribution is 7.14. The van der Waals surface area contributed by atoms with Gasteiger partial charge in [0.05, 0.1) is 5.69 Å². The number of carbonyl (C=O) groups excluding carboxylic acids is 2. The first kappa shape index (κ1) is 19.6. The van der Waals surface area contributed by atoms with Gasteiger partial charge in [0.2, 0.25) is 5.91 Å². The molecule has 0 aliphatic rings. The molecule has 0 aliphatic heterocycles. The smallest absolute Gasteiger partial charge is 0.265 e. The number of nitrogens with two attached hydrogens (primary N) is 1. The van der Waals surface area contributed by atoms with Crippen LogP contribution < -0.4 is 11.1 Å². The van der Waals surface area contributed by atoms with Gasteiger partial charge in [0.15, 0.2) is 5.13 Å². The van der Waals surface area contributed by atoms with Gasteiger partial charge in [0.1, 0.15) is 5.69 Å². The second kappa shape index (κ2) is 8.75. The first-order valence-corrected chi connectivity index (χ1v) is 10.3. The molecule has 0 unspecified atom stereocenters. The van der Waals surface area contributed by atoms with E-state index in [4.69, 9.17) is 5.73 Å². The molecule has 2 heterocycles. The van der Waals surface area contributed by atoms with Crippen molar-refractivity contribution >= 4 is 28.3 Å². The molecule has 2 aromatic carbocycles. The van der Waals surface area contributed by atoms with E-state index in [-0.39, 0.29) is 11.8 Å². The number of rotatable bonds is 7. The van der Waals surface area contributed by atoms with E-state index in [2.05, 4.69) is 15.3 Å². The number of nitrogens with zero attached hydrogens (tertiary/aromatic N) is 1. The number of hydrogen-bond donors (Lipinski definition) is 3. The summed E-state index contributed by atoms with van der Waals surface area (Å²) in [7, 11) is 0. The van der Waals surface area contributed by atoms with E-state index in [1.165, 1.54) is 11.3 Å². The van der Waals surface area contributed by atoms with Crippen LogP contribution in [0.5, 0.6) is 0 Å². The van der Waals surface area contributed by atoms with E-state index in [1.807, 2.05) is 66.0 Å². The minimum atomic E-state index is -0.530. The number of thiazole rings is 1. The molecule has 4 aromatic rings. The summed E-state index contributed by atoms with van der Waals surface area (Å²) < 4.78 is 0. The highest BCUT2D eigenvalue weighted by atomic mass is 32.1. The van der Waals surface area contributed by atoms with Crippen molar-refractivity contribution < 1.29 is 9.59 Å². The SMILES string of the molecule is NC(=O)c1cc(-c2csc(NC(=O)CC(c3ccccc3)c3ccccc3)n2)c[nH]1. The molecule has 0 bridgehead atoms. The second-order valence-corrected chi connectivity index (χ2v) is 7.69. The molecule has 0 spiro atoms. The summed E-state index contributed by atoms with van der Waals surface area (Å²) in [5.74, 6) is -0.687. The molecule has 4 rings (SSSR count). The van der Waals surface area contributed by atoms with E-state index in [0.717, 1.165) is 16.7 Å². The Morgan fingerprint density at radius 3 is 2.23 bits per heavy atom. The highest BCUT2D eigenvalue weighted by Gasteiger charge is 2.19. The number of hydrogen-bond acceptors (Lipinski definition) is 4. The largest absolute Gasteiger partial charge is 0.364 e. The Morgan fingerprint density at radius 1 is 1.03 bits per heavy atom.